The van der Waals surface area contributed by atoms with Crippen LogP contribution in [0, 0.1) is 6.92 Å². The van der Waals surface area contributed by atoms with Gasteiger partial charge in [0.25, 0.3) is 5.56 Å². The van der Waals surface area contributed by atoms with Gasteiger partial charge >= 0.3 is 0 Å². The minimum absolute atomic E-state index is 0.141. The van der Waals surface area contributed by atoms with Crippen molar-refractivity contribution in [1.82, 2.24) is 9.38 Å². The minimum Gasteiger partial charge on any atom is -0.485 e. The molecule has 2 aromatic heterocycles. The molecule has 0 atom stereocenters. The summed E-state index contributed by atoms with van der Waals surface area (Å²) in [6.45, 7) is 2.04. The smallest absolute Gasteiger partial charge is 0.258 e. The zero-order valence-electron chi connectivity index (χ0n) is 11.7. The molecule has 3 aromatic rings. The van der Waals surface area contributed by atoms with E-state index in [0.29, 0.717) is 27.1 Å². The molecule has 0 aliphatic carbocycles. The standard InChI is InChI=1S/C16H12Cl2N2O2/c1-10-7-15(21)20-6-2-3-14(16(20)19-10)22-9-11-4-5-12(17)8-13(11)18/h2-8H,9H2,1H3. The molecule has 0 bridgehead atoms. The van der Waals surface area contributed by atoms with Gasteiger partial charge in [0.15, 0.2) is 11.4 Å². The number of hydrogen-bond acceptors (Lipinski definition) is 3. The van der Waals surface area contributed by atoms with E-state index in [-0.39, 0.29) is 12.2 Å². The number of rotatable bonds is 3. The van der Waals surface area contributed by atoms with Gasteiger partial charge in [-0.2, -0.15) is 0 Å². The normalized spacial score (nSPS) is 10.9. The monoisotopic (exact) mass is 334 g/mol. The van der Waals surface area contributed by atoms with Gasteiger partial charge in [-0.15, -0.1) is 0 Å². The molecule has 0 fully saturated rings. The Morgan fingerprint density at radius 1 is 1.23 bits per heavy atom. The fourth-order valence-corrected chi connectivity index (χ4v) is 2.58. The Morgan fingerprint density at radius 3 is 2.82 bits per heavy atom. The minimum atomic E-state index is -0.141. The molecule has 2 heterocycles. The summed E-state index contributed by atoms with van der Waals surface area (Å²) in [6, 6.07) is 10.2. The Kier molecular flexibility index (Phi) is 4.05. The highest BCUT2D eigenvalue weighted by Gasteiger charge is 2.08. The first-order valence-electron chi connectivity index (χ1n) is 6.60. The van der Waals surface area contributed by atoms with Gasteiger partial charge in [0.2, 0.25) is 0 Å². The lowest BCUT2D eigenvalue weighted by atomic mass is 10.2. The molecule has 0 N–H and O–H groups in total. The largest absolute Gasteiger partial charge is 0.485 e. The highest BCUT2D eigenvalue weighted by molar-refractivity contribution is 6.35. The van der Waals surface area contributed by atoms with E-state index in [1.807, 2.05) is 0 Å². The maximum Gasteiger partial charge on any atom is 0.258 e. The number of pyridine rings is 1. The second kappa shape index (κ2) is 5.99. The summed E-state index contributed by atoms with van der Waals surface area (Å²) in [5.74, 6) is 0.523. The second-order valence-electron chi connectivity index (χ2n) is 4.83. The molecular weight excluding hydrogens is 323 g/mol. The number of fused-ring (bicyclic) bond motifs is 1. The maximum atomic E-state index is 11.9. The van der Waals surface area contributed by atoms with Gasteiger partial charge in [-0.05, 0) is 31.2 Å². The highest BCUT2D eigenvalue weighted by Crippen LogP contribution is 2.23. The van der Waals surface area contributed by atoms with Crippen LogP contribution in [0.2, 0.25) is 10.0 Å². The molecule has 1 aromatic carbocycles. The predicted octanol–water partition coefficient (Wildman–Crippen LogP) is 3.89. The Bertz CT molecular complexity index is 906. The van der Waals surface area contributed by atoms with Crippen molar-refractivity contribution in [3.63, 3.8) is 0 Å². The lowest BCUT2D eigenvalue weighted by Crippen LogP contribution is -2.15. The van der Waals surface area contributed by atoms with Crippen molar-refractivity contribution in [2.75, 3.05) is 0 Å². The zero-order chi connectivity index (χ0) is 15.7. The lowest BCUT2D eigenvalue weighted by molar-refractivity contribution is 0.308. The van der Waals surface area contributed by atoms with Gasteiger partial charge in [0.05, 0.1) is 0 Å². The van der Waals surface area contributed by atoms with Crippen LogP contribution < -0.4 is 10.3 Å². The molecule has 0 aliphatic heterocycles. The van der Waals surface area contributed by atoms with E-state index < -0.39 is 0 Å². The van der Waals surface area contributed by atoms with Crippen molar-refractivity contribution in [3.8, 4) is 5.75 Å². The van der Waals surface area contributed by atoms with Crippen LogP contribution in [0.15, 0.2) is 47.4 Å². The van der Waals surface area contributed by atoms with Gasteiger partial charge in [-0.3, -0.25) is 9.20 Å². The van der Waals surface area contributed by atoms with E-state index in [2.05, 4.69) is 4.98 Å². The third-order valence-corrected chi connectivity index (χ3v) is 3.77. The Labute approximate surface area is 136 Å². The first-order valence-corrected chi connectivity index (χ1v) is 7.36. The summed E-state index contributed by atoms with van der Waals surface area (Å²) in [6.07, 6.45) is 1.66. The van der Waals surface area contributed by atoms with Crippen molar-refractivity contribution in [2.24, 2.45) is 0 Å². The summed E-state index contributed by atoms with van der Waals surface area (Å²) in [5.41, 5.74) is 1.80. The van der Waals surface area contributed by atoms with Crippen LogP contribution in [0.5, 0.6) is 5.75 Å². The number of nitrogens with zero attached hydrogens (tertiary/aromatic N) is 2. The summed E-state index contributed by atoms with van der Waals surface area (Å²) < 4.78 is 7.24. The van der Waals surface area contributed by atoms with Crippen molar-refractivity contribution >= 4 is 28.8 Å². The van der Waals surface area contributed by atoms with Gasteiger partial charge in [-0.25, -0.2) is 4.98 Å². The third kappa shape index (κ3) is 2.93. The number of aryl methyl sites for hydroxylation is 1. The van der Waals surface area contributed by atoms with Crippen molar-refractivity contribution in [3.05, 3.63) is 74.3 Å². The summed E-state index contributed by atoms with van der Waals surface area (Å²) in [5, 5.41) is 1.11. The average molecular weight is 335 g/mol. The fraction of sp³-hybridized carbons (Fsp3) is 0.125. The first kappa shape index (κ1) is 14.9. The van der Waals surface area contributed by atoms with Gasteiger partial charge < -0.3 is 4.74 Å². The fourth-order valence-electron chi connectivity index (χ4n) is 2.12. The Morgan fingerprint density at radius 2 is 2.05 bits per heavy atom. The van der Waals surface area contributed by atoms with Gasteiger partial charge in [0, 0.05) is 33.6 Å². The second-order valence-corrected chi connectivity index (χ2v) is 5.67. The number of halogens is 2. The van der Waals surface area contributed by atoms with Crippen molar-refractivity contribution < 1.29 is 4.74 Å². The lowest BCUT2D eigenvalue weighted by Gasteiger charge is -2.10. The predicted molar refractivity (Wildman–Crippen MR) is 87.0 cm³/mol. The van der Waals surface area contributed by atoms with Crippen LogP contribution in [-0.2, 0) is 6.61 Å². The van der Waals surface area contributed by atoms with Crippen LogP contribution in [0.25, 0.3) is 5.65 Å². The average Bonchev–Trinajstić information content (AvgIpc) is 2.46. The number of aromatic nitrogens is 2. The maximum absolute atomic E-state index is 11.9. The van der Waals surface area contributed by atoms with E-state index in [4.69, 9.17) is 27.9 Å². The van der Waals surface area contributed by atoms with Crippen LogP contribution in [0.4, 0.5) is 0 Å². The number of ether oxygens (including phenoxy) is 1. The molecule has 6 heteroatoms. The molecule has 0 spiro atoms. The zero-order valence-corrected chi connectivity index (χ0v) is 13.2. The molecule has 4 nitrogen and oxygen atoms in total. The van der Waals surface area contributed by atoms with Crippen LogP contribution in [-0.4, -0.2) is 9.38 Å². The summed E-state index contributed by atoms with van der Waals surface area (Å²) in [7, 11) is 0. The molecule has 112 valence electrons. The highest BCUT2D eigenvalue weighted by atomic mass is 35.5. The molecule has 0 aliphatic rings. The molecule has 0 saturated carbocycles. The molecule has 0 saturated heterocycles. The van der Waals surface area contributed by atoms with E-state index in [1.54, 1.807) is 43.5 Å². The Hall–Kier alpha value is -2.04. The summed E-state index contributed by atoms with van der Waals surface area (Å²) >= 11 is 12.0. The van der Waals surface area contributed by atoms with E-state index in [1.165, 1.54) is 10.5 Å². The quantitative estimate of drug-likeness (QED) is 0.729. The number of benzene rings is 1. The molecule has 0 amide bonds. The van der Waals surface area contributed by atoms with Crippen LogP contribution >= 0.6 is 23.2 Å². The van der Waals surface area contributed by atoms with Crippen LogP contribution in [0.3, 0.4) is 0 Å². The van der Waals surface area contributed by atoms with E-state index in [0.717, 1.165) is 5.56 Å². The van der Waals surface area contributed by atoms with Gasteiger partial charge in [-0.1, -0.05) is 29.3 Å². The molecule has 0 unspecified atom stereocenters. The first-order chi connectivity index (χ1) is 10.5. The van der Waals surface area contributed by atoms with Crippen LogP contribution in [0.1, 0.15) is 11.3 Å². The van der Waals surface area contributed by atoms with Crippen molar-refractivity contribution in [2.45, 2.75) is 13.5 Å². The van der Waals surface area contributed by atoms with E-state index in [9.17, 15) is 4.79 Å². The Balaban J connectivity index is 1.96. The van der Waals surface area contributed by atoms with E-state index >= 15 is 0 Å². The molecular formula is C16H12Cl2N2O2. The van der Waals surface area contributed by atoms with Crippen molar-refractivity contribution in [1.29, 1.82) is 0 Å². The summed E-state index contributed by atoms with van der Waals surface area (Å²) in [4.78, 5) is 16.3. The topological polar surface area (TPSA) is 43.6 Å². The third-order valence-electron chi connectivity index (χ3n) is 3.18. The molecule has 0 radical (unpaired) electrons. The molecule has 22 heavy (non-hydrogen) atoms. The number of hydrogen-bond donors (Lipinski definition) is 0. The van der Waals surface area contributed by atoms with Gasteiger partial charge in [0.1, 0.15) is 6.61 Å². The SMILES string of the molecule is Cc1cc(=O)n2cccc(OCc3ccc(Cl)cc3Cl)c2n1. The molecule has 3 rings (SSSR count).